The maximum atomic E-state index is 11.4. The second-order valence-corrected chi connectivity index (χ2v) is 7.76. The molecule has 0 bridgehead atoms. The Hall–Kier alpha value is -3.33. The number of rotatable bonds is 3. The van der Waals surface area contributed by atoms with Gasteiger partial charge in [0.1, 0.15) is 0 Å². The van der Waals surface area contributed by atoms with E-state index >= 15 is 0 Å². The zero-order valence-electron chi connectivity index (χ0n) is 17.3. The van der Waals surface area contributed by atoms with E-state index in [1.807, 2.05) is 28.0 Å². The van der Waals surface area contributed by atoms with Crippen molar-refractivity contribution in [1.29, 1.82) is 0 Å². The van der Waals surface area contributed by atoms with Gasteiger partial charge in [0.05, 0.1) is 31.9 Å². The minimum Gasteiger partial charge on any atom is -0.492 e. The summed E-state index contributed by atoms with van der Waals surface area (Å²) in [5.74, 6) is 3.73. The number of aliphatic hydroxyl groups excluding tert-OH is 1. The van der Waals surface area contributed by atoms with Crippen LogP contribution in [0.15, 0.2) is 12.1 Å². The molecular formula is C22H23N2O7+. The molecule has 0 saturated heterocycles. The van der Waals surface area contributed by atoms with E-state index in [-0.39, 0.29) is 13.6 Å². The topological polar surface area (TPSA) is 81.9 Å². The van der Waals surface area contributed by atoms with E-state index in [1.54, 1.807) is 14.2 Å². The number of methoxy groups -OCH3 is 2. The fourth-order valence-corrected chi connectivity index (χ4v) is 4.82. The minimum atomic E-state index is -0.883. The van der Waals surface area contributed by atoms with E-state index in [0.29, 0.717) is 41.0 Å². The van der Waals surface area contributed by atoms with E-state index in [1.165, 1.54) is 0 Å². The van der Waals surface area contributed by atoms with Gasteiger partial charge in [0.15, 0.2) is 29.5 Å². The average molecular weight is 427 g/mol. The van der Waals surface area contributed by atoms with E-state index in [0.717, 1.165) is 41.6 Å². The van der Waals surface area contributed by atoms with Crippen molar-refractivity contribution in [3.8, 4) is 34.5 Å². The second kappa shape index (κ2) is 6.84. The molecule has 0 aliphatic carbocycles. The first-order valence-corrected chi connectivity index (χ1v) is 10.2. The first-order valence-electron chi connectivity index (χ1n) is 10.2. The van der Waals surface area contributed by atoms with Crippen LogP contribution in [0.25, 0.3) is 0 Å². The number of hydrazone groups is 1. The van der Waals surface area contributed by atoms with Gasteiger partial charge in [0.25, 0.3) is 0 Å². The molecule has 1 N–H and O–H groups in total. The van der Waals surface area contributed by atoms with Gasteiger partial charge in [-0.05, 0) is 29.7 Å². The molecule has 0 amide bonds. The molecular weight excluding hydrogens is 404 g/mol. The molecule has 1 atom stereocenters. The Morgan fingerprint density at radius 1 is 0.935 bits per heavy atom. The molecule has 6 rings (SSSR count). The third kappa shape index (κ3) is 2.62. The first-order chi connectivity index (χ1) is 15.2. The van der Waals surface area contributed by atoms with Gasteiger partial charge in [-0.15, -0.1) is 4.68 Å². The van der Waals surface area contributed by atoms with Gasteiger partial charge >= 0.3 is 0 Å². The largest absolute Gasteiger partial charge is 0.492 e. The van der Waals surface area contributed by atoms with Crippen LogP contribution >= 0.6 is 0 Å². The second-order valence-electron chi connectivity index (χ2n) is 7.76. The molecule has 1 unspecified atom stereocenters. The zero-order chi connectivity index (χ0) is 21.1. The lowest BCUT2D eigenvalue weighted by Gasteiger charge is -2.33. The highest BCUT2D eigenvalue weighted by Crippen LogP contribution is 2.49. The Morgan fingerprint density at radius 3 is 2.32 bits per heavy atom. The molecule has 9 heteroatoms. The van der Waals surface area contributed by atoms with Crippen LogP contribution in [-0.4, -0.2) is 61.9 Å². The quantitative estimate of drug-likeness (QED) is 0.740. The van der Waals surface area contributed by atoms with E-state index in [4.69, 9.17) is 28.4 Å². The number of ether oxygens (including phenoxy) is 6. The zero-order valence-corrected chi connectivity index (χ0v) is 17.3. The summed E-state index contributed by atoms with van der Waals surface area (Å²) in [5, 5.41) is 13.3. The van der Waals surface area contributed by atoms with Gasteiger partial charge in [-0.3, -0.25) is 0 Å². The van der Waals surface area contributed by atoms with Crippen molar-refractivity contribution >= 4 is 6.21 Å². The molecule has 0 saturated carbocycles. The monoisotopic (exact) mass is 427 g/mol. The first kappa shape index (κ1) is 18.4. The summed E-state index contributed by atoms with van der Waals surface area (Å²) in [5.41, 5.74) is 3.79. The minimum absolute atomic E-state index is 0.154. The Bertz CT molecular complexity index is 1110. The van der Waals surface area contributed by atoms with E-state index < -0.39 is 6.23 Å². The number of aliphatic hydroxyl groups is 1. The smallest absolute Gasteiger partial charge is 0.231 e. The fraction of sp³-hybridized carbons (Fsp3) is 0.409. The number of hydrogen-bond donors (Lipinski definition) is 1. The highest BCUT2D eigenvalue weighted by atomic mass is 16.7. The highest BCUT2D eigenvalue weighted by molar-refractivity contribution is 5.86. The van der Waals surface area contributed by atoms with Gasteiger partial charge in [0.2, 0.25) is 37.5 Å². The van der Waals surface area contributed by atoms with Crippen LogP contribution in [0.3, 0.4) is 0 Å². The summed E-state index contributed by atoms with van der Waals surface area (Å²) in [4.78, 5) is 0. The molecule has 2 aromatic rings. The number of hydrogen-bond acceptors (Lipinski definition) is 8. The summed E-state index contributed by atoms with van der Waals surface area (Å²) in [6, 6.07) is 3.96. The van der Waals surface area contributed by atoms with Gasteiger partial charge in [-0.1, -0.05) is 0 Å². The van der Waals surface area contributed by atoms with Crippen LogP contribution in [0.5, 0.6) is 34.5 Å². The van der Waals surface area contributed by atoms with Crippen LogP contribution in [0.1, 0.15) is 28.5 Å². The molecule has 4 aliphatic rings. The van der Waals surface area contributed by atoms with Crippen molar-refractivity contribution < 1.29 is 38.2 Å². The standard InChI is InChI=1S/C22H23N2O7/c1-26-18-14-9-23(5-3-12(14)7-15-19(18)30-10-28-15)24-6-4-13-8-16-20(31-11-29-16)21(27-2)17(13)22(24)25/h7-9,22,25H,3-6,10-11H2,1-2H3/q+1. The predicted octanol–water partition coefficient (Wildman–Crippen LogP) is 1.61. The summed E-state index contributed by atoms with van der Waals surface area (Å²) in [6.45, 7) is 1.71. The molecule has 0 fully saturated rings. The summed E-state index contributed by atoms with van der Waals surface area (Å²) < 4.78 is 35.6. The maximum Gasteiger partial charge on any atom is 0.231 e. The third-order valence-corrected chi connectivity index (χ3v) is 6.26. The van der Waals surface area contributed by atoms with Crippen LogP contribution in [0.4, 0.5) is 0 Å². The van der Waals surface area contributed by atoms with Gasteiger partial charge in [0, 0.05) is 6.42 Å². The molecule has 2 aromatic carbocycles. The lowest BCUT2D eigenvalue weighted by atomic mass is 9.96. The summed E-state index contributed by atoms with van der Waals surface area (Å²) >= 11 is 0. The van der Waals surface area contributed by atoms with Gasteiger partial charge in [-0.2, -0.15) is 5.01 Å². The van der Waals surface area contributed by atoms with Crippen LogP contribution in [0, 0.1) is 0 Å². The van der Waals surface area contributed by atoms with Gasteiger partial charge < -0.3 is 33.5 Å². The van der Waals surface area contributed by atoms with Crippen molar-refractivity contribution in [2.24, 2.45) is 0 Å². The molecule has 4 heterocycles. The normalized spacial score (nSPS) is 20.2. The molecule has 9 nitrogen and oxygen atoms in total. The molecule has 0 aromatic heterocycles. The molecule has 4 aliphatic heterocycles. The third-order valence-electron chi connectivity index (χ3n) is 6.26. The predicted molar refractivity (Wildman–Crippen MR) is 108 cm³/mol. The SMILES string of the molecule is COc1c2c(cc3c1OCO3)CC[N+](N1CCc3cc4c(c(OC)c3C1O)OCO4)=C2. The average Bonchev–Trinajstić information content (AvgIpc) is 3.45. The lowest BCUT2D eigenvalue weighted by Crippen LogP contribution is -2.45. The van der Waals surface area contributed by atoms with E-state index in [2.05, 4.69) is 0 Å². The Labute approximate surface area is 178 Å². The highest BCUT2D eigenvalue weighted by Gasteiger charge is 2.40. The Kier molecular flexibility index (Phi) is 4.07. The molecule has 31 heavy (non-hydrogen) atoms. The number of nitrogens with zero attached hydrogens (tertiary/aromatic N) is 2. The summed E-state index contributed by atoms with van der Waals surface area (Å²) in [6.07, 6.45) is 2.65. The molecule has 0 radical (unpaired) electrons. The Morgan fingerprint density at radius 2 is 1.61 bits per heavy atom. The van der Waals surface area contributed by atoms with Crippen molar-refractivity contribution in [1.82, 2.24) is 5.01 Å². The molecule has 162 valence electrons. The van der Waals surface area contributed by atoms with Crippen LogP contribution < -0.4 is 28.4 Å². The maximum absolute atomic E-state index is 11.4. The van der Waals surface area contributed by atoms with Crippen LogP contribution in [0.2, 0.25) is 0 Å². The van der Waals surface area contributed by atoms with Gasteiger partial charge in [-0.25, -0.2) is 0 Å². The molecule has 0 spiro atoms. The van der Waals surface area contributed by atoms with Crippen molar-refractivity contribution in [3.05, 3.63) is 34.4 Å². The number of benzene rings is 2. The number of hydrazine groups is 1. The van der Waals surface area contributed by atoms with Crippen molar-refractivity contribution in [2.75, 3.05) is 40.9 Å². The summed E-state index contributed by atoms with van der Waals surface area (Å²) in [7, 11) is 3.21. The van der Waals surface area contributed by atoms with Crippen LogP contribution in [-0.2, 0) is 12.8 Å². The van der Waals surface area contributed by atoms with E-state index in [9.17, 15) is 5.11 Å². The van der Waals surface area contributed by atoms with Crippen molar-refractivity contribution in [2.45, 2.75) is 19.1 Å². The Balaban J connectivity index is 1.41. The number of fused-ring (bicyclic) bond motifs is 4. The lowest BCUT2D eigenvalue weighted by molar-refractivity contribution is -0.707. The van der Waals surface area contributed by atoms with Crippen molar-refractivity contribution in [3.63, 3.8) is 0 Å². The fourth-order valence-electron chi connectivity index (χ4n) is 4.82.